The molecule has 1 unspecified atom stereocenters. The molecule has 27 heavy (non-hydrogen) atoms. The van der Waals surface area contributed by atoms with Crippen molar-refractivity contribution in [3.05, 3.63) is 35.4 Å². The van der Waals surface area contributed by atoms with Crippen LogP contribution in [0.25, 0.3) is 0 Å². The second-order valence-electron chi connectivity index (χ2n) is 7.44. The molecule has 1 aromatic carbocycles. The van der Waals surface area contributed by atoms with Crippen LogP contribution in [0.4, 0.5) is 4.79 Å². The van der Waals surface area contributed by atoms with E-state index in [-0.39, 0.29) is 29.5 Å². The van der Waals surface area contributed by atoms with Gasteiger partial charge in [0.05, 0.1) is 11.5 Å². The van der Waals surface area contributed by atoms with E-state index in [4.69, 9.17) is 5.11 Å². The first kappa shape index (κ1) is 19.2. The second-order valence-corrected chi connectivity index (χ2v) is 7.44. The van der Waals surface area contributed by atoms with Crippen molar-refractivity contribution in [3.8, 4) is 0 Å². The van der Waals surface area contributed by atoms with E-state index < -0.39 is 5.97 Å². The van der Waals surface area contributed by atoms with E-state index in [9.17, 15) is 14.4 Å². The second kappa shape index (κ2) is 8.88. The lowest BCUT2D eigenvalue weighted by Gasteiger charge is -2.33. The highest BCUT2D eigenvalue weighted by Gasteiger charge is 2.29. The molecule has 3 N–H and O–H groups in total. The van der Waals surface area contributed by atoms with E-state index in [0.29, 0.717) is 19.6 Å². The minimum absolute atomic E-state index is 0.0522. The maximum Gasteiger partial charge on any atom is 0.335 e. The zero-order chi connectivity index (χ0) is 19.2. The molecule has 1 aliphatic carbocycles. The fourth-order valence-corrected chi connectivity index (χ4v) is 3.81. The van der Waals surface area contributed by atoms with Gasteiger partial charge in [0.2, 0.25) is 5.91 Å². The van der Waals surface area contributed by atoms with Crippen molar-refractivity contribution < 1.29 is 19.5 Å². The highest BCUT2D eigenvalue weighted by atomic mass is 16.4. The molecule has 0 radical (unpaired) electrons. The number of carboxylic acids is 1. The van der Waals surface area contributed by atoms with Gasteiger partial charge in [0, 0.05) is 25.7 Å². The summed E-state index contributed by atoms with van der Waals surface area (Å²) in [7, 11) is 0. The molecule has 2 aliphatic rings. The normalized spacial score (nSPS) is 20.3. The van der Waals surface area contributed by atoms with E-state index in [2.05, 4.69) is 10.6 Å². The maximum atomic E-state index is 12.5. The SMILES string of the molecule is O=C(O)c1ccc(CNC(=O)C2CCCN(C(=O)NC3CCCC3)C2)cc1. The molecule has 1 heterocycles. The Morgan fingerprint density at radius 1 is 1.04 bits per heavy atom. The molecule has 3 amide bonds. The minimum Gasteiger partial charge on any atom is -0.478 e. The number of likely N-dealkylation sites (tertiary alicyclic amines) is 1. The number of nitrogens with zero attached hydrogens (tertiary/aromatic N) is 1. The van der Waals surface area contributed by atoms with Gasteiger partial charge in [-0.2, -0.15) is 0 Å². The summed E-state index contributed by atoms with van der Waals surface area (Å²) in [6, 6.07) is 6.68. The van der Waals surface area contributed by atoms with Crippen LogP contribution in [0, 0.1) is 5.92 Å². The quantitative estimate of drug-likeness (QED) is 0.738. The van der Waals surface area contributed by atoms with Crippen LogP contribution in [-0.2, 0) is 11.3 Å². The molecule has 0 spiro atoms. The largest absolute Gasteiger partial charge is 0.478 e. The number of piperidine rings is 1. The van der Waals surface area contributed by atoms with Gasteiger partial charge in [-0.25, -0.2) is 9.59 Å². The standard InChI is InChI=1S/C20H27N3O4/c24-18(21-12-14-7-9-15(10-8-14)19(25)26)16-4-3-11-23(13-16)20(27)22-17-5-1-2-6-17/h7-10,16-17H,1-6,11-13H2,(H,21,24)(H,22,27)(H,25,26). The van der Waals surface area contributed by atoms with Crippen LogP contribution < -0.4 is 10.6 Å². The summed E-state index contributed by atoms with van der Waals surface area (Å²) in [5.74, 6) is -1.23. The maximum absolute atomic E-state index is 12.5. The summed E-state index contributed by atoms with van der Waals surface area (Å²) in [5, 5.41) is 14.9. The monoisotopic (exact) mass is 373 g/mol. The summed E-state index contributed by atoms with van der Waals surface area (Å²) in [5.41, 5.74) is 1.07. The summed E-state index contributed by atoms with van der Waals surface area (Å²) < 4.78 is 0. The van der Waals surface area contributed by atoms with Gasteiger partial charge in [0.15, 0.2) is 0 Å². The number of benzene rings is 1. The molecule has 0 aromatic heterocycles. The van der Waals surface area contributed by atoms with E-state index in [1.165, 1.54) is 25.0 Å². The molecule has 2 fully saturated rings. The number of carboxylic acid groups (broad SMARTS) is 1. The third-order valence-corrected chi connectivity index (χ3v) is 5.43. The zero-order valence-electron chi connectivity index (χ0n) is 15.4. The minimum atomic E-state index is -0.969. The summed E-state index contributed by atoms with van der Waals surface area (Å²) in [4.78, 5) is 37.5. The first-order chi connectivity index (χ1) is 13.0. The van der Waals surface area contributed by atoms with Gasteiger partial charge in [-0.15, -0.1) is 0 Å². The highest BCUT2D eigenvalue weighted by Crippen LogP contribution is 2.20. The lowest BCUT2D eigenvalue weighted by molar-refractivity contribution is -0.126. The highest BCUT2D eigenvalue weighted by molar-refractivity contribution is 5.87. The molecule has 1 atom stereocenters. The zero-order valence-corrected chi connectivity index (χ0v) is 15.4. The van der Waals surface area contributed by atoms with Gasteiger partial charge in [0.1, 0.15) is 0 Å². The molecule has 7 nitrogen and oxygen atoms in total. The summed E-state index contributed by atoms with van der Waals surface area (Å²) in [6.07, 6.45) is 6.03. The number of hydrogen-bond donors (Lipinski definition) is 3. The fraction of sp³-hybridized carbons (Fsp3) is 0.550. The van der Waals surface area contributed by atoms with Crippen LogP contribution >= 0.6 is 0 Å². The lowest BCUT2D eigenvalue weighted by Crippen LogP contribution is -2.50. The Morgan fingerprint density at radius 2 is 1.74 bits per heavy atom. The number of carbonyl (C=O) groups excluding carboxylic acids is 2. The molecule has 1 saturated carbocycles. The molecule has 7 heteroatoms. The smallest absolute Gasteiger partial charge is 0.335 e. The molecule has 1 aliphatic heterocycles. The van der Waals surface area contributed by atoms with E-state index in [1.807, 2.05) is 0 Å². The van der Waals surface area contributed by atoms with Gasteiger partial charge in [-0.3, -0.25) is 4.79 Å². The van der Waals surface area contributed by atoms with Crippen molar-refractivity contribution in [1.82, 2.24) is 15.5 Å². The van der Waals surface area contributed by atoms with E-state index in [0.717, 1.165) is 31.2 Å². The molecule has 146 valence electrons. The van der Waals surface area contributed by atoms with Gasteiger partial charge < -0.3 is 20.6 Å². The summed E-state index contributed by atoms with van der Waals surface area (Å²) in [6.45, 7) is 1.49. The number of rotatable bonds is 5. The molecule has 0 bridgehead atoms. The first-order valence-corrected chi connectivity index (χ1v) is 9.68. The number of urea groups is 1. The molecule has 3 rings (SSSR count). The topological polar surface area (TPSA) is 98.7 Å². The number of nitrogens with one attached hydrogen (secondary N) is 2. The van der Waals surface area contributed by atoms with Crippen molar-refractivity contribution in [1.29, 1.82) is 0 Å². The number of hydrogen-bond acceptors (Lipinski definition) is 3. The number of aromatic carboxylic acids is 1. The average molecular weight is 373 g/mol. The number of carbonyl (C=O) groups is 3. The van der Waals surface area contributed by atoms with Crippen LogP contribution in [0.5, 0.6) is 0 Å². The Kier molecular flexibility index (Phi) is 6.32. The third kappa shape index (κ3) is 5.21. The van der Waals surface area contributed by atoms with E-state index >= 15 is 0 Å². The number of amides is 3. The Hall–Kier alpha value is -2.57. The Balaban J connectivity index is 1.47. The molecular weight excluding hydrogens is 346 g/mol. The predicted octanol–water partition coefficient (Wildman–Crippen LogP) is 2.37. The lowest BCUT2D eigenvalue weighted by atomic mass is 9.97. The van der Waals surface area contributed by atoms with Crippen molar-refractivity contribution in [2.45, 2.75) is 51.1 Å². The van der Waals surface area contributed by atoms with Crippen LogP contribution in [-0.4, -0.2) is 47.0 Å². The van der Waals surface area contributed by atoms with Crippen LogP contribution in [0.15, 0.2) is 24.3 Å². The van der Waals surface area contributed by atoms with Crippen molar-refractivity contribution >= 4 is 17.9 Å². The summed E-state index contributed by atoms with van der Waals surface area (Å²) >= 11 is 0. The van der Waals surface area contributed by atoms with Crippen LogP contribution in [0.1, 0.15) is 54.4 Å². The Bertz CT molecular complexity index is 683. The fourth-order valence-electron chi connectivity index (χ4n) is 3.81. The van der Waals surface area contributed by atoms with E-state index in [1.54, 1.807) is 17.0 Å². The van der Waals surface area contributed by atoms with Gasteiger partial charge in [0.25, 0.3) is 0 Å². The molecule has 1 aromatic rings. The van der Waals surface area contributed by atoms with Gasteiger partial charge in [-0.05, 0) is 43.4 Å². The van der Waals surface area contributed by atoms with Crippen molar-refractivity contribution in [2.75, 3.05) is 13.1 Å². The molecular formula is C20H27N3O4. The Labute approximate surface area is 159 Å². The van der Waals surface area contributed by atoms with Crippen molar-refractivity contribution in [2.24, 2.45) is 5.92 Å². The third-order valence-electron chi connectivity index (χ3n) is 5.43. The van der Waals surface area contributed by atoms with Crippen molar-refractivity contribution in [3.63, 3.8) is 0 Å². The van der Waals surface area contributed by atoms with Gasteiger partial charge >= 0.3 is 12.0 Å². The predicted molar refractivity (Wildman–Crippen MR) is 100 cm³/mol. The van der Waals surface area contributed by atoms with Crippen LogP contribution in [0.3, 0.4) is 0 Å². The van der Waals surface area contributed by atoms with Crippen LogP contribution in [0.2, 0.25) is 0 Å². The average Bonchev–Trinajstić information content (AvgIpc) is 3.19. The first-order valence-electron chi connectivity index (χ1n) is 9.68. The van der Waals surface area contributed by atoms with Gasteiger partial charge in [-0.1, -0.05) is 25.0 Å². The Morgan fingerprint density at radius 3 is 2.41 bits per heavy atom. The molecule has 1 saturated heterocycles.